The molecule has 2 nitrogen and oxygen atoms in total. The average molecular weight is 252 g/mol. The molecule has 0 heterocycles. The molecule has 0 aliphatic heterocycles. The van der Waals surface area contributed by atoms with Crippen LogP contribution in [0.1, 0.15) is 71.1 Å². The van der Waals surface area contributed by atoms with Crippen molar-refractivity contribution in [1.29, 1.82) is 0 Å². The van der Waals surface area contributed by atoms with Crippen molar-refractivity contribution in [3.05, 3.63) is 0 Å². The first kappa shape index (κ1) is 14.3. The second kappa shape index (κ2) is 7.49. The molecule has 2 fully saturated rings. The minimum Gasteiger partial charge on any atom is -0.315 e. The lowest BCUT2D eigenvalue weighted by Crippen LogP contribution is -2.52. The molecule has 106 valence electrons. The van der Waals surface area contributed by atoms with E-state index < -0.39 is 0 Å². The van der Waals surface area contributed by atoms with Gasteiger partial charge in [-0.05, 0) is 39.3 Å². The van der Waals surface area contributed by atoms with Crippen LogP contribution in [0.4, 0.5) is 0 Å². The minimum absolute atomic E-state index is 0.731. The Morgan fingerprint density at radius 2 is 1.50 bits per heavy atom. The summed E-state index contributed by atoms with van der Waals surface area (Å²) in [5.74, 6) is 0. The largest absolute Gasteiger partial charge is 0.315 e. The van der Waals surface area contributed by atoms with Gasteiger partial charge in [0.15, 0.2) is 0 Å². The smallest absolute Gasteiger partial charge is 0.0252 e. The lowest BCUT2D eigenvalue weighted by Gasteiger charge is -2.42. The van der Waals surface area contributed by atoms with Gasteiger partial charge in [0.25, 0.3) is 0 Å². The molecule has 2 heteroatoms. The van der Waals surface area contributed by atoms with Crippen molar-refractivity contribution in [1.82, 2.24) is 10.2 Å². The number of rotatable bonds is 4. The molecule has 1 N–H and O–H groups in total. The van der Waals surface area contributed by atoms with E-state index in [1.165, 1.54) is 70.8 Å². The van der Waals surface area contributed by atoms with E-state index in [9.17, 15) is 0 Å². The predicted molar refractivity (Wildman–Crippen MR) is 79.0 cm³/mol. The first-order valence-corrected chi connectivity index (χ1v) is 8.29. The molecule has 18 heavy (non-hydrogen) atoms. The van der Waals surface area contributed by atoms with Crippen LogP contribution in [0, 0.1) is 0 Å². The van der Waals surface area contributed by atoms with E-state index in [1.54, 1.807) is 0 Å². The Hall–Kier alpha value is -0.0800. The zero-order chi connectivity index (χ0) is 12.8. The summed E-state index contributed by atoms with van der Waals surface area (Å²) in [6.07, 6.45) is 14.4. The van der Waals surface area contributed by atoms with Gasteiger partial charge in [0, 0.05) is 18.1 Å². The van der Waals surface area contributed by atoms with Crippen molar-refractivity contribution in [3.8, 4) is 0 Å². The van der Waals surface area contributed by atoms with E-state index in [2.05, 4.69) is 24.2 Å². The number of likely N-dealkylation sites (N-methyl/N-ethyl adjacent to an activating group) is 2. The van der Waals surface area contributed by atoms with Crippen LogP contribution in [0.15, 0.2) is 0 Å². The Morgan fingerprint density at radius 1 is 0.889 bits per heavy atom. The molecule has 0 aromatic carbocycles. The van der Waals surface area contributed by atoms with Crippen molar-refractivity contribution in [3.63, 3.8) is 0 Å². The third kappa shape index (κ3) is 3.48. The number of hydrogen-bond donors (Lipinski definition) is 1. The molecule has 2 aliphatic carbocycles. The topological polar surface area (TPSA) is 15.3 Å². The van der Waals surface area contributed by atoms with E-state index in [0.29, 0.717) is 0 Å². The van der Waals surface area contributed by atoms with Crippen LogP contribution in [0.25, 0.3) is 0 Å². The fourth-order valence-corrected chi connectivity index (χ4v) is 4.20. The quantitative estimate of drug-likeness (QED) is 0.770. The van der Waals surface area contributed by atoms with Crippen molar-refractivity contribution >= 4 is 0 Å². The van der Waals surface area contributed by atoms with E-state index in [4.69, 9.17) is 0 Å². The van der Waals surface area contributed by atoms with Crippen molar-refractivity contribution in [2.24, 2.45) is 0 Å². The number of nitrogens with one attached hydrogen (secondary N) is 1. The molecule has 0 amide bonds. The second-order valence-electron chi connectivity index (χ2n) is 6.22. The van der Waals surface area contributed by atoms with Gasteiger partial charge >= 0.3 is 0 Å². The lowest BCUT2D eigenvalue weighted by atomic mass is 9.90. The Bertz CT molecular complexity index is 223. The SMILES string of the molecule is CCN(C1CCCCC1)C1CCCCCC1NC. The van der Waals surface area contributed by atoms with E-state index in [1.807, 2.05) is 0 Å². The lowest BCUT2D eigenvalue weighted by molar-refractivity contribution is 0.0832. The Labute approximate surface area is 114 Å². The van der Waals surface area contributed by atoms with Crippen LogP contribution in [0.2, 0.25) is 0 Å². The van der Waals surface area contributed by atoms with Crippen LogP contribution in [-0.4, -0.2) is 36.6 Å². The summed E-state index contributed by atoms with van der Waals surface area (Å²) in [5, 5.41) is 3.61. The highest BCUT2D eigenvalue weighted by Crippen LogP contribution is 2.29. The minimum atomic E-state index is 0.731. The maximum atomic E-state index is 3.61. The van der Waals surface area contributed by atoms with E-state index in [0.717, 1.165) is 18.1 Å². The van der Waals surface area contributed by atoms with Gasteiger partial charge < -0.3 is 5.32 Å². The summed E-state index contributed by atoms with van der Waals surface area (Å²) in [4.78, 5) is 2.85. The molecule has 0 saturated heterocycles. The van der Waals surface area contributed by atoms with Crippen LogP contribution < -0.4 is 5.32 Å². The zero-order valence-electron chi connectivity index (χ0n) is 12.5. The van der Waals surface area contributed by atoms with Gasteiger partial charge in [0.2, 0.25) is 0 Å². The summed E-state index contributed by atoms with van der Waals surface area (Å²) < 4.78 is 0. The number of hydrogen-bond acceptors (Lipinski definition) is 2. The fourth-order valence-electron chi connectivity index (χ4n) is 4.20. The summed E-state index contributed by atoms with van der Waals surface area (Å²) in [7, 11) is 2.16. The van der Waals surface area contributed by atoms with Crippen LogP contribution in [0.3, 0.4) is 0 Å². The average Bonchev–Trinajstić information content (AvgIpc) is 2.66. The van der Waals surface area contributed by atoms with Gasteiger partial charge in [0.05, 0.1) is 0 Å². The molecule has 0 bridgehead atoms. The Balaban J connectivity index is 2.02. The van der Waals surface area contributed by atoms with E-state index >= 15 is 0 Å². The predicted octanol–water partition coefficient (Wildman–Crippen LogP) is 3.56. The Kier molecular flexibility index (Phi) is 5.97. The monoisotopic (exact) mass is 252 g/mol. The standard InChI is InChI=1S/C16H32N2/c1-3-18(14-10-6-4-7-11-14)16-13-9-5-8-12-15(16)17-2/h14-17H,3-13H2,1-2H3. The van der Waals surface area contributed by atoms with Gasteiger partial charge in [-0.1, -0.05) is 45.4 Å². The highest BCUT2D eigenvalue weighted by Gasteiger charge is 2.31. The summed E-state index contributed by atoms with van der Waals surface area (Å²) in [5.41, 5.74) is 0. The molecular weight excluding hydrogens is 220 g/mol. The van der Waals surface area contributed by atoms with E-state index in [-0.39, 0.29) is 0 Å². The molecule has 2 aliphatic rings. The molecule has 2 unspecified atom stereocenters. The highest BCUT2D eigenvalue weighted by atomic mass is 15.2. The van der Waals surface area contributed by atoms with Gasteiger partial charge in [-0.15, -0.1) is 0 Å². The summed E-state index contributed by atoms with van der Waals surface area (Å²) in [6.45, 7) is 3.61. The summed E-state index contributed by atoms with van der Waals surface area (Å²) >= 11 is 0. The Morgan fingerprint density at radius 3 is 2.11 bits per heavy atom. The van der Waals surface area contributed by atoms with Crippen molar-refractivity contribution in [2.45, 2.75) is 89.3 Å². The third-order valence-electron chi connectivity index (χ3n) is 5.19. The molecular formula is C16H32N2. The molecule has 0 spiro atoms. The zero-order valence-corrected chi connectivity index (χ0v) is 12.5. The van der Waals surface area contributed by atoms with Gasteiger partial charge in [-0.3, -0.25) is 4.90 Å². The van der Waals surface area contributed by atoms with Gasteiger partial charge in [0.1, 0.15) is 0 Å². The van der Waals surface area contributed by atoms with Crippen LogP contribution in [-0.2, 0) is 0 Å². The van der Waals surface area contributed by atoms with Crippen molar-refractivity contribution in [2.75, 3.05) is 13.6 Å². The van der Waals surface area contributed by atoms with Crippen LogP contribution in [0.5, 0.6) is 0 Å². The number of nitrogens with zero attached hydrogens (tertiary/aromatic N) is 1. The van der Waals surface area contributed by atoms with Crippen molar-refractivity contribution < 1.29 is 0 Å². The maximum Gasteiger partial charge on any atom is 0.0252 e. The van der Waals surface area contributed by atoms with Gasteiger partial charge in [-0.2, -0.15) is 0 Å². The molecule has 0 radical (unpaired) electrons. The third-order valence-corrected chi connectivity index (χ3v) is 5.19. The molecule has 2 saturated carbocycles. The fraction of sp³-hybridized carbons (Fsp3) is 1.00. The highest BCUT2D eigenvalue weighted by molar-refractivity contribution is 4.89. The molecule has 2 rings (SSSR count). The van der Waals surface area contributed by atoms with Gasteiger partial charge in [-0.25, -0.2) is 0 Å². The van der Waals surface area contributed by atoms with Crippen LogP contribution >= 0.6 is 0 Å². The first-order chi connectivity index (χ1) is 8.86. The first-order valence-electron chi connectivity index (χ1n) is 8.29. The molecule has 0 aromatic rings. The maximum absolute atomic E-state index is 3.61. The summed E-state index contributed by atoms with van der Waals surface area (Å²) in [6, 6.07) is 2.41. The second-order valence-corrected chi connectivity index (χ2v) is 6.22. The normalized spacial score (nSPS) is 31.5. The molecule has 0 aromatic heterocycles. The molecule has 2 atom stereocenters.